The molecular formula is C20H24N2OS. The van der Waals surface area contributed by atoms with Crippen LogP contribution in [-0.2, 0) is 4.79 Å². The first-order chi connectivity index (χ1) is 11.5. The van der Waals surface area contributed by atoms with E-state index in [0.717, 1.165) is 11.3 Å². The fourth-order valence-electron chi connectivity index (χ4n) is 2.10. The predicted octanol–water partition coefficient (Wildman–Crippen LogP) is 4.75. The van der Waals surface area contributed by atoms with Crippen LogP contribution in [0.3, 0.4) is 0 Å². The van der Waals surface area contributed by atoms with E-state index in [4.69, 9.17) is 0 Å². The van der Waals surface area contributed by atoms with Crippen molar-refractivity contribution in [2.45, 2.75) is 38.0 Å². The first-order valence-corrected chi connectivity index (χ1v) is 9.14. The van der Waals surface area contributed by atoms with Crippen molar-refractivity contribution in [1.29, 1.82) is 0 Å². The molecule has 0 spiro atoms. The molecule has 2 aromatic carbocycles. The third-order valence-electron chi connectivity index (χ3n) is 3.62. The lowest BCUT2D eigenvalue weighted by Crippen LogP contribution is -2.17. The Morgan fingerprint density at radius 1 is 1.12 bits per heavy atom. The van der Waals surface area contributed by atoms with Gasteiger partial charge in [0.05, 0.1) is 6.21 Å². The van der Waals surface area contributed by atoms with Crippen molar-refractivity contribution in [2.24, 2.45) is 5.10 Å². The fourth-order valence-corrected chi connectivity index (χ4v) is 2.95. The zero-order valence-corrected chi connectivity index (χ0v) is 15.3. The van der Waals surface area contributed by atoms with Gasteiger partial charge in [-0.25, -0.2) is 5.43 Å². The summed E-state index contributed by atoms with van der Waals surface area (Å²) in [7, 11) is 0. The number of thioether (sulfide) groups is 1. The Morgan fingerprint density at radius 3 is 2.42 bits per heavy atom. The monoisotopic (exact) mass is 340 g/mol. The van der Waals surface area contributed by atoms with Gasteiger partial charge in [-0.1, -0.05) is 55.8 Å². The quantitative estimate of drug-likeness (QED) is 0.449. The molecule has 126 valence electrons. The van der Waals surface area contributed by atoms with E-state index in [2.05, 4.69) is 67.7 Å². The van der Waals surface area contributed by atoms with E-state index >= 15 is 0 Å². The number of nitrogens with one attached hydrogen (secondary N) is 1. The van der Waals surface area contributed by atoms with Crippen LogP contribution in [0, 0.1) is 6.92 Å². The van der Waals surface area contributed by atoms with Gasteiger partial charge in [-0.2, -0.15) is 5.10 Å². The number of amides is 1. The molecule has 3 nitrogen and oxygen atoms in total. The van der Waals surface area contributed by atoms with Crippen molar-refractivity contribution >= 4 is 23.9 Å². The van der Waals surface area contributed by atoms with Gasteiger partial charge in [0.2, 0.25) is 5.91 Å². The Bertz CT molecular complexity index is 676. The molecule has 2 aromatic rings. The number of hydrogen-bond donors (Lipinski definition) is 1. The van der Waals surface area contributed by atoms with Crippen molar-refractivity contribution in [3.8, 4) is 0 Å². The normalized spacial score (nSPS) is 11.2. The Morgan fingerprint density at radius 2 is 1.79 bits per heavy atom. The zero-order valence-electron chi connectivity index (χ0n) is 14.5. The number of hydrazone groups is 1. The van der Waals surface area contributed by atoms with Gasteiger partial charge in [0.25, 0.3) is 0 Å². The van der Waals surface area contributed by atoms with Crippen LogP contribution in [0.1, 0.15) is 42.9 Å². The molecule has 1 amide bonds. The van der Waals surface area contributed by atoms with Crippen molar-refractivity contribution in [3.63, 3.8) is 0 Å². The highest BCUT2D eigenvalue weighted by atomic mass is 32.2. The van der Waals surface area contributed by atoms with Crippen LogP contribution in [0.4, 0.5) is 0 Å². The summed E-state index contributed by atoms with van der Waals surface area (Å²) >= 11 is 1.68. The molecule has 0 aliphatic carbocycles. The lowest BCUT2D eigenvalue weighted by Gasteiger charge is -2.04. The van der Waals surface area contributed by atoms with Crippen molar-refractivity contribution in [1.82, 2.24) is 5.43 Å². The number of rotatable bonds is 7. The zero-order chi connectivity index (χ0) is 17.4. The summed E-state index contributed by atoms with van der Waals surface area (Å²) in [4.78, 5) is 13.0. The van der Waals surface area contributed by atoms with Crippen LogP contribution < -0.4 is 5.43 Å². The SMILES string of the molecule is Cc1ccc(SCCC(=O)N/N=C\c2ccc(C(C)C)cc2)cc1. The van der Waals surface area contributed by atoms with E-state index in [-0.39, 0.29) is 5.91 Å². The van der Waals surface area contributed by atoms with Gasteiger partial charge in [0, 0.05) is 17.1 Å². The van der Waals surface area contributed by atoms with Gasteiger partial charge >= 0.3 is 0 Å². The van der Waals surface area contributed by atoms with E-state index in [9.17, 15) is 4.79 Å². The maximum atomic E-state index is 11.8. The maximum Gasteiger partial charge on any atom is 0.240 e. The second-order valence-electron chi connectivity index (χ2n) is 6.03. The van der Waals surface area contributed by atoms with Gasteiger partial charge in [-0.3, -0.25) is 4.79 Å². The fraction of sp³-hybridized carbons (Fsp3) is 0.300. The lowest BCUT2D eigenvalue weighted by atomic mass is 10.0. The van der Waals surface area contributed by atoms with Crippen LogP contribution in [0.15, 0.2) is 58.5 Å². The van der Waals surface area contributed by atoms with Crippen molar-refractivity contribution in [3.05, 3.63) is 65.2 Å². The Balaban J connectivity index is 1.71. The van der Waals surface area contributed by atoms with Crippen LogP contribution in [0.25, 0.3) is 0 Å². The first-order valence-electron chi connectivity index (χ1n) is 8.16. The third kappa shape index (κ3) is 6.20. The van der Waals surface area contributed by atoms with E-state index in [1.807, 2.05) is 12.1 Å². The average Bonchev–Trinajstić information content (AvgIpc) is 2.57. The van der Waals surface area contributed by atoms with Crippen molar-refractivity contribution in [2.75, 3.05) is 5.75 Å². The molecule has 2 rings (SSSR count). The molecule has 0 aliphatic rings. The molecule has 0 aliphatic heterocycles. The van der Waals surface area contributed by atoms with Crippen LogP contribution in [-0.4, -0.2) is 17.9 Å². The predicted molar refractivity (Wildman–Crippen MR) is 103 cm³/mol. The Labute approximate surface area is 148 Å². The molecule has 0 aromatic heterocycles. The topological polar surface area (TPSA) is 41.5 Å². The summed E-state index contributed by atoms with van der Waals surface area (Å²) in [5.74, 6) is 1.19. The number of hydrogen-bond acceptors (Lipinski definition) is 3. The second kappa shape index (κ2) is 9.28. The molecule has 0 unspecified atom stereocenters. The van der Waals surface area contributed by atoms with Crippen molar-refractivity contribution < 1.29 is 4.79 Å². The van der Waals surface area contributed by atoms with E-state index in [0.29, 0.717) is 12.3 Å². The maximum absolute atomic E-state index is 11.8. The molecule has 0 bridgehead atoms. The lowest BCUT2D eigenvalue weighted by molar-refractivity contribution is -0.120. The molecule has 4 heteroatoms. The van der Waals surface area contributed by atoms with Gasteiger partial charge < -0.3 is 0 Å². The summed E-state index contributed by atoms with van der Waals surface area (Å²) in [5, 5.41) is 4.02. The number of carbonyl (C=O) groups is 1. The van der Waals surface area contributed by atoms with E-state index in [1.54, 1.807) is 18.0 Å². The summed E-state index contributed by atoms with van der Waals surface area (Å²) in [6, 6.07) is 16.5. The number of aryl methyl sites for hydroxylation is 1. The van der Waals surface area contributed by atoms with Gasteiger partial charge in [0.1, 0.15) is 0 Å². The summed E-state index contributed by atoms with van der Waals surface area (Å²) in [5.41, 5.74) is 6.10. The average molecular weight is 340 g/mol. The summed E-state index contributed by atoms with van der Waals surface area (Å²) in [6.07, 6.45) is 2.12. The minimum absolute atomic E-state index is 0.0651. The van der Waals surface area contributed by atoms with Gasteiger partial charge in [0.15, 0.2) is 0 Å². The number of nitrogens with zero attached hydrogens (tertiary/aromatic N) is 1. The highest BCUT2D eigenvalue weighted by Gasteiger charge is 2.01. The van der Waals surface area contributed by atoms with Crippen LogP contribution >= 0.6 is 11.8 Å². The Hall–Kier alpha value is -2.07. The molecule has 0 saturated carbocycles. The van der Waals surface area contributed by atoms with Gasteiger partial charge in [-0.05, 0) is 36.1 Å². The molecule has 0 heterocycles. The largest absolute Gasteiger partial charge is 0.273 e. The smallest absolute Gasteiger partial charge is 0.240 e. The minimum atomic E-state index is -0.0651. The van der Waals surface area contributed by atoms with Crippen LogP contribution in [0.2, 0.25) is 0 Å². The van der Waals surface area contributed by atoms with E-state index < -0.39 is 0 Å². The molecule has 0 saturated heterocycles. The molecular weight excluding hydrogens is 316 g/mol. The highest BCUT2D eigenvalue weighted by Crippen LogP contribution is 2.18. The Kier molecular flexibility index (Phi) is 7.07. The molecule has 24 heavy (non-hydrogen) atoms. The standard InChI is InChI=1S/C20H24N2OS/c1-15(2)18-8-6-17(7-9-18)14-21-22-20(23)12-13-24-19-10-4-16(3)5-11-19/h4-11,14-15H,12-13H2,1-3H3,(H,22,23)/b21-14-. The third-order valence-corrected chi connectivity index (χ3v) is 4.64. The minimum Gasteiger partial charge on any atom is -0.273 e. The molecule has 1 N–H and O–H groups in total. The summed E-state index contributed by atoms with van der Waals surface area (Å²) < 4.78 is 0. The first kappa shape index (κ1) is 18.3. The van der Waals surface area contributed by atoms with E-state index in [1.165, 1.54) is 16.0 Å². The summed E-state index contributed by atoms with van der Waals surface area (Å²) in [6.45, 7) is 6.39. The van der Waals surface area contributed by atoms with Crippen LogP contribution in [0.5, 0.6) is 0 Å². The molecule has 0 radical (unpaired) electrons. The second-order valence-corrected chi connectivity index (χ2v) is 7.19. The highest BCUT2D eigenvalue weighted by molar-refractivity contribution is 7.99. The molecule has 0 fully saturated rings. The number of benzene rings is 2. The molecule has 0 atom stereocenters. The number of carbonyl (C=O) groups excluding carboxylic acids is 1. The van der Waals surface area contributed by atoms with Gasteiger partial charge in [-0.15, -0.1) is 11.8 Å².